The standard InChI is InChI=1S/C22H20O4/c1-14(21(23)15-7-3-2-4-8-15)25-16-11-12-18-17-9-5-6-10-19(17)22(24)26-20(18)13-16/h2-4,7-8,11-14H,5-6,9-10H2,1H3/t14-/m0/s1. The molecule has 0 bridgehead atoms. The minimum Gasteiger partial charge on any atom is -0.482 e. The summed E-state index contributed by atoms with van der Waals surface area (Å²) in [5, 5.41) is 0.966. The third-order valence-corrected chi connectivity index (χ3v) is 4.94. The average molecular weight is 348 g/mol. The Morgan fingerprint density at radius 1 is 1.04 bits per heavy atom. The minimum absolute atomic E-state index is 0.0856. The van der Waals surface area contributed by atoms with Crippen LogP contribution in [0, 0.1) is 0 Å². The molecule has 0 aliphatic heterocycles. The van der Waals surface area contributed by atoms with E-state index >= 15 is 0 Å². The van der Waals surface area contributed by atoms with Gasteiger partial charge in [-0.25, -0.2) is 4.79 Å². The molecule has 0 amide bonds. The Kier molecular flexibility index (Phi) is 4.33. The normalized spacial score (nSPS) is 14.7. The van der Waals surface area contributed by atoms with Crippen molar-refractivity contribution >= 4 is 16.8 Å². The summed E-state index contributed by atoms with van der Waals surface area (Å²) in [5.41, 5.74) is 2.79. The Balaban J connectivity index is 1.64. The van der Waals surface area contributed by atoms with Gasteiger partial charge < -0.3 is 9.15 Å². The maximum absolute atomic E-state index is 12.5. The lowest BCUT2D eigenvalue weighted by Crippen LogP contribution is -2.23. The van der Waals surface area contributed by atoms with E-state index in [2.05, 4.69) is 0 Å². The number of ketones is 1. The van der Waals surface area contributed by atoms with Crippen LogP contribution < -0.4 is 10.4 Å². The van der Waals surface area contributed by atoms with Crippen molar-refractivity contribution in [3.63, 3.8) is 0 Å². The van der Waals surface area contributed by atoms with Crippen molar-refractivity contribution in [2.75, 3.05) is 0 Å². The van der Waals surface area contributed by atoms with Crippen LogP contribution in [0.15, 0.2) is 57.7 Å². The van der Waals surface area contributed by atoms with Gasteiger partial charge in [0.2, 0.25) is 5.78 Å². The SMILES string of the molecule is C[C@H](Oc1ccc2c3c(c(=O)oc2c1)CCCC3)C(=O)c1ccccc1. The first-order valence-corrected chi connectivity index (χ1v) is 8.98. The van der Waals surface area contributed by atoms with Gasteiger partial charge in [0.25, 0.3) is 0 Å². The zero-order valence-corrected chi connectivity index (χ0v) is 14.7. The highest BCUT2D eigenvalue weighted by Crippen LogP contribution is 2.29. The number of fused-ring (bicyclic) bond motifs is 3. The predicted molar refractivity (Wildman–Crippen MR) is 100.0 cm³/mol. The van der Waals surface area contributed by atoms with Crippen molar-refractivity contribution in [3.8, 4) is 5.75 Å². The minimum atomic E-state index is -0.626. The number of hydrogen-bond acceptors (Lipinski definition) is 4. The average Bonchev–Trinajstić information content (AvgIpc) is 2.68. The van der Waals surface area contributed by atoms with Crippen molar-refractivity contribution < 1.29 is 13.9 Å². The second-order valence-corrected chi connectivity index (χ2v) is 6.70. The molecule has 1 aliphatic carbocycles. The first-order valence-electron chi connectivity index (χ1n) is 8.98. The van der Waals surface area contributed by atoms with E-state index in [0.717, 1.165) is 42.2 Å². The van der Waals surface area contributed by atoms with E-state index < -0.39 is 6.10 Å². The number of carbonyl (C=O) groups is 1. The number of carbonyl (C=O) groups excluding carboxylic acids is 1. The number of hydrogen-bond donors (Lipinski definition) is 0. The highest BCUT2D eigenvalue weighted by Gasteiger charge is 2.20. The summed E-state index contributed by atoms with van der Waals surface area (Å²) in [6.45, 7) is 1.72. The Hall–Kier alpha value is -2.88. The quantitative estimate of drug-likeness (QED) is 0.520. The van der Waals surface area contributed by atoms with Gasteiger partial charge >= 0.3 is 5.63 Å². The van der Waals surface area contributed by atoms with E-state index in [1.165, 1.54) is 0 Å². The lowest BCUT2D eigenvalue weighted by atomic mass is 9.91. The highest BCUT2D eigenvalue weighted by atomic mass is 16.5. The molecule has 0 fully saturated rings. The van der Waals surface area contributed by atoms with Crippen molar-refractivity contribution in [1.29, 1.82) is 0 Å². The van der Waals surface area contributed by atoms with Gasteiger partial charge in [0.15, 0.2) is 6.10 Å². The molecule has 0 spiro atoms. The number of ether oxygens (including phenoxy) is 1. The summed E-state index contributed by atoms with van der Waals surface area (Å²) < 4.78 is 11.3. The number of rotatable bonds is 4. The van der Waals surface area contributed by atoms with Gasteiger partial charge in [0, 0.05) is 22.6 Å². The molecule has 2 aromatic carbocycles. The molecule has 0 unspecified atom stereocenters. The van der Waals surface area contributed by atoms with Crippen LogP contribution in [0.2, 0.25) is 0 Å². The topological polar surface area (TPSA) is 56.5 Å². The fraction of sp³-hybridized carbons (Fsp3) is 0.273. The Bertz CT molecular complexity index is 1020. The molecule has 1 aliphatic rings. The van der Waals surface area contributed by atoms with Crippen LogP contribution >= 0.6 is 0 Å². The van der Waals surface area contributed by atoms with Gasteiger partial charge in [-0.15, -0.1) is 0 Å². The lowest BCUT2D eigenvalue weighted by Gasteiger charge is -2.17. The van der Waals surface area contributed by atoms with Gasteiger partial charge in [-0.1, -0.05) is 30.3 Å². The smallest absolute Gasteiger partial charge is 0.339 e. The van der Waals surface area contributed by atoms with Gasteiger partial charge in [-0.05, 0) is 50.3 Å². The van der Waals surface area contributed by atoms with Crippen molar-refractivity contribution in [2.45, 2.75) is 38.7 Å². The third-order valence-electron chi connectivity index (χ3n) is 4.94. The zero-order chi connectivity index (χ0) is 18.1. The Morgan fingerprint density at radius 3 is 2.54 bits per heavy atom. The molecule has 0 N–H and O–H groups in total. The van der Waals surface area contributed by atoms with E-state index in [0.29, 0.717) is 16.9 Å². The zero-order valence-electron chi connectivity index (χ0n) is 14.7. The van der Waals surface area contributed by atoms with Crippen LogP contribution in [0.4, 0.5) is 0 Å². The molecular weight excluding hydrogens is 328 g/mol. The molecule has 4 heteroatoms. The van der Waals surface area contributed by atoms with E-state index in [1.807, 2.05) is 30.3 Å². The van der Waals surface area contributed by atoms with Crippen LogP contribution in [-0.2, 0) is 12.8 Å². The highest BCUT2D eigenvalue weighted by molar-refractivity contribution is 5.99. The van der Waals surface area contributed by atoms with Gasteiger partial charge in [-0.2, -0.15) is 0 Å². The van der Waals surface area contributed by atoms with Gasteiger partial charge in [0.1, 0.15) is 11.3 Å². The first-order chi connectivity index (χ1) is 12.6. The molecule has 26 heavy (non-hydrogen) atoms. The monoisotopic (exact) mass is 348 g/mol. The molecule has 1 atom stereocenters. The number of Topliss-reactive ketones (excluding diaryl/α,β-unsaturated/α-hetero) is 1. The van der Waals surface area contributed by atoms with Crippen LogP contribution in [0.3, 0.4) is 0 Å². The Labute approximate surface area is 151 Å². The maximum Gasteiger partial charge on any atom is 0.339 e. The second kappa shape index (κ2) is 6.79. The van der Waals surface area contributed by atoms with E-state index in [1.54, 1.807) is 25.1 Å². The van der Waals surface area contributed by atoms with Crippen LogP contribution in [0.1, 0.15) is 41.3 Å². The summed E-state index contributed by atoms with van der Waals surface area (Å²) in [4.78, 5) is 24.7. The largest absolute Gasteiger partial charge is 0.482 e. The second-order valence-electron chi connectivity index (χ2n) is 6.70. The lowest BCUT2D eigenvalue weighted by molar-refractivity contribution is 0.0818. The Morgan fingerprint density at radius 2 is 1.77 bits per heavy atom. The molecule has 0 saturated carbocycles. The molecule has 4 rings (SSSR count). The third kappa shape index (κ3) is 3.03. The fourth-order valence-corrected chi connectivity index (χ4v) is 3.59. The maximum atomic E-state index is 12.5. The summed E-state index contributed by atoms with van der Waals surface area (Å²) in [7, 11) is 0. The van der Waals surface area contributed by atoms with Crippen molar-refractivity contribution in [3.05, 3.63) is 75.6 Å². The number of aryl methyl sites for hydroxylation is 1. The van der Waals surface area contributed by atoms with Crippen molar-refractivity contribution in [1.82, 2.24) is 0 Å². The molecule has 1 heterocycles. The summed E-state index contributed by atoms with van der Waals surface area (Å²) in [6, 6.07) is 14.5. The van der Waals surface area contributed by atoms with Crippen LogP contribution in [0.5, 0.6) is 5.75 Å². The van der Waals surface area contributed by atoms with E-state index in [-0.39, 0.29) is 11.4 Å². The van der Waals surface area contributed by atoms with E-state index in [4.69, 9.17) is 9.15 Å². The molecule has 4 nitrogen and oxygen atoms in total. The van der Waals surface area contributed by atoms with E-state index in [9.17, 15) is 9.59 Å². The summed E-state index contributed by atoms with van der Waals surface area (Å²) >= 11 is 0. The molecular formula is C22H20O4. The molecule has 3 aromatic rings. The summed E-state index contributed by atoms with van der Waals surface area (Å²) in [5.74, 6) is 0.436. The molecule has 0 saturated heterocycles. The molecule has 1 aromatic heterocycles. The van der Waals surface area contributed by atoms with Gasteiger partial charge in [0.05, 0.1) is 0 Å². The fourth-order valence-electron chi connectivity index (χ4n) is 3.59. The molecule has 0 radical (unpaired) electrons. The predicted octanol–water partition coefficient (Wildman–Crippen LogP) is 4.32. The van der Waals surface area contributed by atoms with Crippen LogP contribution in [-0.4, -0.2) is 11.9 Å². The molecule has 132 valence electrons. The first kappa shape index (κ1) is 16.6. The van der Waals surface area contributed by atoms with Crippen molar-refractivity contribution in [2.24, 2.45) is 0 Å². The number of benzene rings is 2. The van der Waals surface area contributed by atoms with Gasteiger partial charge in [-0.3, -0.25) is 4.79 Å². The van der Waals surface area contributed by atoms with Crippen LogP contribution in [0.25, 0.3) is 11.0 Å². The summed E-state index contributed by atoms with van der Waals surface area (Å²) in [6.07, 6.45) is 3.18.